The molecule has 0 spiro atoms. The fourth-order valence-electron chi connectivity index (χ4n) is 2.49. The molecule has 1 N–H and O–H groups in total. The third-order valence-electron chi connectivity index (χ3n) is 3.53. The number of halogens is 1. The summed E-state index contributed by atoms with van der Waals surface area (Å²) in [7, 11) is 1.55. The van der Waals surface area contributed by atoms with Crippen LogP contribution in [0.25, 0.3) is 0 Å². The van der Waals surface area contributed by atoms with Crippen LogP contribution in [-0.2, 0) is 18.3 Å². The van der Waals surface area contributed by atoms with E-state index in [0.717, 1.165) is 11.8 Å². The Morgan fingerprint density at radius 3 is 2.90 bits per heavy atom. The topological polar surface area (TPSA) is 75.4 Å². The summed E-state index contributed by atoms with van der Waals surface area (Å²) < 4.78 is 14.8. The number of nitrogens with zero attached hydrogens (tertiary/aromatic N) is 3. The van der Waals surface area contributed by atoms with Gasteiger partial charge in [0.15, 0.2) is 5.82 Å². The molecule has 0 amide bonds. The number of rotatable bonds is 2. The molecule has 1 aliphatic rings. The molecule has 1 aromatic carbocycles. The van der Waals surface area contributed by atoms with Crippen molar-refractivity contribution < 1.29 is 14.3 Å². The first-order chi connectivity index (χ1) is 9.97. The number of anilines is 2. The molecule has 1 aromatic heterocycles. The Balaban J connectivity index is 2.17. The van der Waals surface area contributed by atoms with E-state index < -0.39 is 17.8 Å². The maximum absolute atomic E-state index is 13.5. The molecule has 1 atom stereocenters. The summed E-state index contributed by atoms with van der Waals surface area (Å²) in [6.07, 6.45) is 2.82. The van der Waals surface area contributed by atoms with Crippen molar-refractivity contribution in [3.63, 3.8) is 0 Å². The van der Waals surface area contributed by atoms with Gasteiger partial charge in [-0.3, -0.25) is 4.79 Å². The number of hydrogen-bond donors (Lipinski definition) is 1. The SMILES string of the molecule is Cn1cc(N2c3cc(F)ccc3CC2C(=O)O)ncc1=O. The zero-order valence-corrected chi connectivity index (χ0v) is 11.2. The molecular formula is C14H12FN3O3. The molecule has 0 radical (unpaired) electrons. The highest BCUT2D eigenvalue weighted by atomic mass is 19.1. The third kappa shape index (κ3) is 2.16. The molecule has 0 bridgehead atoms. The Morgan fingerprint density at radius 1 is 1.48 bits per heavy atom. The van der Waals surface area contributed by atoms with Crippen LogP contribution in [0.4, 0.5) is 15.9 Å². The maximum Gasteiger partial charge on any atom is 0.327 e. The second-order valence-electron chi connectivity index (χ2n) is 4.90. The molecule has 3 rings (SSSR count). The lowest BCUT2D eigenvalue weighted by Crippen LogP contribution is -2.36. The minimum Gasteiger partial charge on any atom is -0.480 e. The number of benzene rings is 1. The summed E-state index contributed by atoms with van der Waals surface area (Å²) in [5.74, 6) is -1.18. The predicted molar refractivity (Wildman–Crippen MR) is 73.1 cm³/mol. The van der Waals surface area contributed by atoms with Gasteiger partial charge in [-0.05, 0) is 17.7 Å². The number of aliphatic carboxylic acids is 1. The van der Waals surface area contributed by atoms with Crippen molar-refractivity contribution in [1.82, 2.24) is 9.55 Å². The first kappa shape index (κ1) is 13.3. The van der Waals surface area contributed by atoms with Crippen LogP contribution in [0, 0.1) is 5.82 Å². The summed E-state index contributed by atoms with van der Waals surface area (Å²) in [5.41, 5.74) is 0.900. The molecule has 6 nitrogen and oxygen atoms in total. The average Bonchev–Trinajstić information content (AvgIpc) is 2.80. The standard InChI is InChI=1S/C14H12FN3O3/c1-17-7-12(16-6-13(17)19)18-10-5-9(15)3-2-8(10)4-11(18)14(20)21/h2-3,5-7,11H,4H2,1H3,(H,20,21). The lowest BCUT2D eigenvalue weighted by atomic mass is 10.1. The number of carboxylic acids is 1. The highest BCUT2D eigenvalue weighted by Crippen LogP contribution is 2.37. The summed E-state index contributed by atoms with van der Waals surface area (Å²) >= 11 is 0. The molecule has 1 unspecified atom stereocenters. The molecule has 0 saturated carbocycles. The first-order valence-electron chi connectivity index (χ1n) is 6.30. The number of aryl methyl sites for hydroxylation is 1. The fourth-order valence-corrected chi connectivity index (χ4v) is 2.49. The van der Waals surface area contributed by atoms with Gasteiger partial charge < -0.3 is 14.6 Å². The van der Waals surface area contributed by atoms with Crippen LogP contribution in [0.15, 0.2) is 35.4 Å². The molecule has 108 valence electrons. The van der Waals surface area contributed by atoms with Gasteiger partial charge in [0.05, 0.1) is 6.20 Å². The Labute approximate surface area is 119 Å². The van der Waals surface area contributed by atoms with Crippen LogP contribution >= 0.6 is 0 Å². The Bertz CT molecular complexity index is 787. The predicted octanol–water partition coefficient (Wildman–Crippen LogP) is 1.07. The monoisotopic (exact) mass is 289 g/mol. The molecule has 0 aliphatic carbocycles. The van der Waals surface area contributed by atoms with Crippen LogP contribution in [0.1, 0.15) is 5.56 Å². The number of aromatic nitrogens is 2. The second kappa shape index (κ2) is 4.69. The average molecular weight is 289 g/mol. The second-order valence-corrected chi connectivity index (χ2v) is 4.90. The molecule has 0 fully saturated rings. The van der Waals surface area contributed by atoms with E-state index in [1.54, 1.807) is 13.1 Å². The lowest BCUT2D eigenvalue weighted by Gasteiger charge is -2.23. The van der Waals surface area contributed by atoms with Gasteiger partial charge in [0.2, 0.25) is 0 Å². The highest BCUT2D eigenvalue weighted by Gasteiger charge is 2.36. The van der Waals surface area contributed by atoms with Crippen molar-refractivity contribution in [2.75, 3.05) is 4.90 Å². The number of carboxylic acid groups (broad SMARTS) is 1. The Morgan fingerprint density at radius 2 is 2.24 bits per heavy atom. The van der Waals surface area contributed by atoms with Gasteiger partial charge in [-0.15, -0.1) is 0 Å². The number of fused-ring (bicyclic) bond motifs is 1. The highest BCUT2D eigenvalue weighted by molar-refractivity contribution is 5.86. The molecular weight excluding hydrogens is 277 g/mol. The molecule has 21 heavy (non-hydrogen) atoms. The Hall–Kier alpha value is -2.70. The van der Waals surface area contributed by atoms with Crippen LogP contribution in [0.5, 0.6) is 0 Å². The quantitative estimate of drug-likeness (QED) is 0.895. The summed E-state index contributed by atoms with van der Waals surface area (Å²) in [6, 6.07) is 3.29. The number of carbonyl (C=O) groups is 1. The lowest BCUT2D eigenvalue weighted by molar-refractivity contribution is -0.138. The van der Waals surface area contributed by atoms with Crippen molar-refractivity contribution in [3.8, 4) is 0 Å². The molecule has 1 aliphatic heterocycles. The summed E-state index contributed by atoms with van der Waals surface area (Å²) in [4.78, 5) is 28.3. The third-order valence-corrected chi connectivity index (χ3v) is 3.53. The van der Waals surface area contributed by atoms with Gasteiger partial charge in [-0.1, -0.05) is 6.07 Å². The van der Waals surface area contributed by atoms with Gasteiger partial charge in [0.1, 0.15) is 11.9 Å². The maximum atomic E-state index is 13.5. The van der Waals surface area contributed by atoms with Crippen LogP contribution < -0.4 is 10.5 Å². The summed E-state index contributed by atoms with van der Waals surface area (Å²) in [6.45, 7) is 0. The molecule has 0 saturated heterocycles. The van der Waals surface area contributed by atoms with Crippen molar-refractivity contribution in [1.29, 1.82) is 0 Å². The zero-order valence-electron chi connectivity index (χ0n) is 11.2. The van der Waals surface area contributed by atoms with E-state index in [4.69, 9.17) is 0 Å². The van der Waals surface area contributed by atoms with Crippen LogP contribution in [0.2, 0.25) is 0 Å². The van der Waals surface area contributed by atoms with E-state index in [9.17, 15) is 19.1 Å². The zero-order chi connectivity index (χ0) is 15.1. The first-order valence-corrected chi connectivity index (χ1v) is 6.30. The summed E-state index contributed by atoms with van der Waals surface area (Å²) in [5, 5.41) is 9.38. The van der Waals surface area contributed by atoms with Crippen molar-refractivity contribution in [2.45, 2.75) is 12.5 Å². The minimum absolute atomic E-state index is 0.259. The molecule has 7 heteroatoms. The van der Waals surface area contributed by atoms with Gasteiger partial charge in [-0.25, -0.2) is 14.2 Å². The van der Waals surface area contributed by atoms with Gasteiger partial charge >= 0.3 is 5.97 Å². The minimum atomic E-state index is -1.03. The van der Waals surface area contributed by atoms with E-state index in [1.165, 1.54) is 27.8 Å². The van der Waals surface area contributed by atoms with Crippen molar-refractivity contribution >= 4 is 17.5 Å². The van der Waals surface area contributed by atoms with E-state index >= 15 is 0 Å². The Kier molecular flexibility index (Phi) is 2.97. The van der Waals surface area contributed by atoms with E-state index in [0.29, 0.717) is 11.5 Å². The smallest absolute Gasteiger partial charge is 0.327 e. The van der Waals surface area contributed by atoms with E-state index in [-0.39, 0.29) is 12.0 Å². The largest absolute Gasteiger partial charge is 0.480 e. The molecule has 2 aromatic rings. The normalized spacial score (nSPS) is 16.9. The van der Waals surface area contributed by atoms with Crippen LogP contribution in [0.3, 0.4) is 0 Å². The van der Waals surface area contributed by atoms with Gasteiger partial charge in [0.25, 0.3) is 5.56 Å². The van der Waals surface area contributed by atoms with Gasteiger partial charge in [0, 0.05) is 25.4 Å². The van der Waals surface area contributed by atoms with Crippen molar-refractivity contribution in [2.24, 2.45) is 7.05 Å². The van der Waals surface area contributed by atoms with Crippen molar-refractivity contribution in [3.05, 3.63) is 52.3 Å². The van der Waals surface area contributed by atoms with E-state index in [2.05, 4.69) is 4.98 Å². The van der Waals surface area contributed by atoms with E-state index in [1.807, 2.05) is 0 Å². The molecule has 2 heterocycles. The van der Waals surface area contributed by atoms with Crippen LogP contribution in [-0.4, -0.2) is 26.7 Å². The van der Waals surface area contributed by atoms with Gasteiger partial charge in [-0.2, -0.15) is 0 Å². The fraction of sp³-hybridized carbons (Fsp3) is 0.214. The number of hydrogen-bond acceptors (Lipinski definition) is 4.